The van der Waals surface area contributed by atoms with Gasteiger partial charge >= 0.3 is 0 Å². The zero-order chi connectivity index (χ0) is 13.7. The van der Waals surface area contributed by atoms with E-state index < -0.39 is 0 Å². The van der Waals surface area contributed by atoms with E-state index in [1.54, 1.807) is 0 Å². The SMILES string of the molecule is C/C(C#N)=C(/C)c1ccc(Oc2ccccc2)cc1. The van der Waals surface area contributed by atoms with Crippen LogP contribution in [0.15, 0.2) is 60.2 Å². The van der Waals surface area contributed by atoms with Crippen molar-refractivity contribution in [1.82, 2.24) is 0 Å². The second-order valence-electron chi connectivity index (χ2n) is 4.30. The maximum absolute atomic E-state index is 8.88. The lowest BCUT2D eigenvalue weighted by molar-refractivity contribution is 0.482. The van der Waals surface area contributed by atoms with E-state index in [4.69, 9.17) is 10.00 Å². The molecule has 0 heterocycles. The number of nitriles is 1. The molecule has 0 bridgehead atoms. The third kappa shape index (κ3) is 3.23. The Bertz CT molecular complexity index is 619. The molecule has 0 fully saturated rings. The molecule has 0 N–H and O–H groups in total. The number of hydrogen-bond donors (Lipinski definition) is 0. The first kappa shape index (κ1) is 12.9. The summed E-state index contributed by atoms with van der Waals surface area (Å²) in [5, 5.41) is 8.88. The molecule has 0 aliphatic carbocycles. The summed E-state index contributed by atoms with van der Waals surface area (Å²) in [6.45, 7) is 3.77. The molecule has 0 aromatic heterocycles. The fraction of sp³-hybridized carbons (Fsp3) is 0.118. The Morgan fingerprint density at radius 2 is 1.47 bits per heavy atom. The van der Waals surface area contributed by atoms with Crippen LogP contribution in [0.2, 0.25) is 0 Å². The van der Waals surface area contributed by atoms with Crippen LogP contribution in [-0.2, 0) is 0 Å². The van der Waals surface area contributed by atoms with Crippen molar-refractivity contribution >= 4 is 5.57 Å². The van der Waals surface area contributed by atoms with Crippen LogP contribution in [0, 0.1) is 11.3 Å². The van der Waals surface area contributed by atoms with Gasteiger partial charge in [0.15, 0.2) is 0 Å². The minimum absolute atomic E-state index is 0.733. The molecule has 2 rings (SSSR count). The maximum Gasteiger partial charge on any atom is 0.127 e. The largest absolute Gasteiger partial charge is 0.457 e. The Morgan fingerprint density at radius 1 is 0.895 bits per heavy atom. The van der Waals surface area contributed by atoms with Crippen LogP contribution >= 0.6 is 0 Å². The van der Waals surface area contributed by atoms with Gasteiger partial charge in [-0.1, -0.05) is 30.3 Å². The van der Waals surface area contributed by atoms with Crippen LogP contribution < -0.4 is 4.74 Å². The molecular formula is C17H15NO. The molecule has 0 radical (unpaired) electrons. The first-order chi connectivity index (χ1) is 9.20. The molecule has 0 spiro atoms. The predicted molar refractivity (Wildman–Crippen MR) is 76.8 cm³/mol. The van der Waals surface area contributed by atoms with E-state index in [2.05, 4.69) is 6.07 Å². The van der Waals surface area contributed by atoms with Gasteiger partial charge in [0.25, 0.3) is 0 Å². The third-order valence-electron chi connectivity index (χ3n) is 3.00. The highest BCUT2D eigenvalue weighted by Crippen LogP contribution is 2.24. The third-order valence-corrected chi connectivity index (χ3v) is 3.00. The Morgan fingerprint density at radius 3 is 2.05 bits per heavy atom. The zero-order valence-corrected chi connectivity index (χ0v) is 11.1. The summed E-state index contributed by atoms with van der Waals surface area (Å²) in [6, 6.07) is 19.6. The minimum atomic E-state index is 0.733. The predicted octanol–water partition coefficient (Wildman–Crippen LogP) is 4.80. The average molecular weight is 249 g/mol. The van der Waals surface area contributed by atoms with E-state index in [-0.39, 0.29) is 0 Å². The van der Waals surface area contributed by atoms with Gasteiger partial charge in [-0.25, -0.2) is 0 Å². The van der Waals surface area contributed by atoms with Crippen molar-refractivity contribution in [3.8, 4) is 17.6 Å². The van der Waals surface area contributed by atoms with Crippen molar-refractivity contribution in [2.45, 2.75) is 13.8 Å². The van der Waals surface area contributed by atoms with Gasteiger partial charge in [0.1, 0.15) is 11.5 Å². The Hall–Kier alpha value is -2.53. The molecule has 19 heavy (non-hydrogen) atoms. The van der Waals surface area contributed by atoms with Crippen LogP contribution in [-0.4, -0.2) is 0 Å². The molecule has 94 valence electrons. The van der Waals surface area contributed by atoms with Gasteiger partial charge in [0, 0.05) is 5.57 Å². The summed E-state index contributed by atoms with van der Waals surface area (Å²) in [7, 11) is 0. The fourth-order valence-corrected chi connectivity index (χ4v) is 1.70. The highest BCUT2D eigenvalue weighted by atomic mass is 16.5. The molecule has 0 unspecified atom stereocenters. The number of benzene rings is 2. The molecule has 2 nitrogen and oxygen atoms in total. The van der Waals surface area contributed by atoms with E-state index in [1.807, 2.05) is 68.4 Å². The second-order valence-corrected chi connectivity index (χ2v) is 4.30. The summed E-state index contributed by atoms with van der Waals surface area (Å²) in [5.74, 6) is 1.60. The molecule has 2 aromatic rings. The molecule has 0 aliphatic rings. The van der Waals surface area contributed by atoms with Crippen LogP contribution in [0.4, 0.5) is 0 Å². The number of para-hydroxylation sites is 1. The monoisotopic (exact) mass is 249 g/mol. The van der Waals surface area contributed by atoms with Gasteiger partial charge in [-0.15, -0.1) is 0 Å². The quantitative estimate of drug-likeness (QED) is 0.732. The summed E-state index contributed by atoms with van der Waals surface area (Å²) in [4.78, 5) is 0. The molecule has 2 heteroatoms. The standard InChI is InChI=1S/C17H15NO/c1-13(12-18)14(2)15-8-10-17(11-9-15)19-16-6-4-3-5-7-16/h3-11H,1-2H3/b14-13+. The molecule has 0 saturated carbocycles. The second kappa shape index (κ2) is 5.88. The van der Waals surface area contributed by atoms with Crippen LogP contribution in [0.25, 0.3) is 5.57 Å². The molecule has 0 amide bonds. The summed E-state index contributed by atoms with van der Waals surface area (Å²) in [5.41, 5.74) is 2.77. The lowest BCUT2D eigenvalue weighted by atomic mass is 10.0. The van der Waals surface area contributed by atoms with Gasteiger partial charge in [0.2, 0.25) is 0 Å². The first-order valence-corrected chi connectivity index (χ1v) is 6.11. The van der Waals surface area contributed by atoms with Gasteiger partial charge in [0.05, 0.1) is 6.07 Å². The molecule has 2 aromatic carbocycles. The molecular weight excluding hydrogens is 234 g/mol. The van der Waals surface area contributed by atoms with Crippen LogP contribution in [0.5, 0.6) is 11.5 Å². The van der Waals surface area contributed by atoms with Crippen molar-refractivity contribution in [2.24, 2.45) is 0 Å². The lowest BCUT2D eigenvalue weighted by Gasteiger charge is -2.07. The lowest BCUT2D eigenvalue weighted by Crippen LogP contribution is -1.86. The van der Waals surface area contributed by atoms with E-state index >= 15 is 0 Å². The molecule has 0 atom stereocenters. The summed E-state index contributed by atoms with van der Waals surface area (Å²) >= 11 is 0. The minimum Gasteiger partial charge on any atom is -0.457 e. The van der Waals surface area contributed by atoms with Crippen LogP contribution in [0.1, 0.15) is 19.4 Å². The van der Waals surface area contributed by atoms with E-state index in [9.17, 15) is 0 Å². The normalized spacial score (nSPS) is 11.4. The van der Waals surface area contributed by atoms with Crippen molar-refractivity contribution in [3.05, 3.63) is 65.7 Å². The first-order valence-electron chi connectivity index (χ1n) is 6.11. The van der Waals surface area contributed by atoms with E-state index in [1.165, 1.54) is 0 Å². The van der Waals surface area contributed by atoms with Crippen molar-refractivity contribution in [2.75, 3.05) is 0 Å². The van der Waals surface area contributed by atoms with Gasteiger partial charge in [-0.2, -0.15) is 5.26 Å². The summed E-state index contributed by atoms with van der Waals surface area (Å²) in [6.07, 6.45) is 0. The number of ether oxygens (including phenoxy) is 1. The van der Waals surface area contributed by atoms with E-state index in [0.717, 1.165) is 28.2 Å². The van der Waals surface area contributed by atoms with Gasteiger partial charge < -0.3 is 4.74 Å². The number of rotatable bonds is 3. The van der Waals surface area contributed by atoms with Crippen LogP contribution in [0.3, 0.4) is 0 Å². The Labute approximate surface area is 113 Å². The van der Waals surface area contributed by atoms with E-state index in [0.29, 0.717) is 0 Å². The van der Waals surface area contributed by atoms with Crippen molar-refractivity contribution in [3.63, 3.8) is 0 Å². The highest BCUT2D eigenvalue weighted by Gasteiger charge is 2.01. The molecule has 0 saturated heterocycles. The Kier molecular flexibility index (Phi) is 4.00. The van der Waals surface area contributed by atoms with Crippen molar-refractivity contribution in [1.29, 1.82) is 5.26 Å². The molecule has 0 aliphatic heterocycles. The number of nitrogens with zero attached hydrogens (tertiary/aromatic N) is 1. The maximum atomic E-state index is 8.88. The highest BCUT2D eigenvalue weighted by molar-refractivity contribution is 5.69. The topological polar surface area (TPSA) is 33.0 Å². The zero-order valence-electron chi connectivity index (χ0n) is 11.1. The van der Waals surface area contributed by atoms with Crippen molar-refractivity contribution < 1.29 is 4.74 Å². The fourth-order valence-electron chi connectivity index (χ4n) is 1.70. The van der Waals surface area contributed by atoms with Gasteiger partial charge in [-0.05, 0) is 49.2 Å². The number of hydrogen-bond acceptors (Lipinski definition) is 2. The summed E-state index contributed by atoms with van der Waals surface area (Å²) < 4.78 is 5.72. The average Bonchev–Trinajstić information content (AvgIpc) is 2.47. The smallest absolute Gasteiger partial charge is 0.127 e. The number of allylic oxidation sites excluding steroid dienone is 2. The van der Waals surface area contributed by atoms with Gasteiger partial charge in [-0.3, -0.25) is 0 Å². The Balaban J connectivity index is 2.18.